The molecule has 4 heteroatoms. The van der Waals surface area contributed by atoms with E-state index < -0.39 is 0 Å². The molecule has 1 atom stereocenters. The number of pyridine rings is 1. The lowest BCUT2D eigenvalue weighted by atomic mass is 9.99. The van der Waals surface area contributed by atoms with Crippen LogP contribution in [0.3, 0.4) is 0 Å². The van der Waals surface area contributed by atoms with E-state index in [1.807, 2.05) is 24.5 Å². The molecule has 5 rings (SSSR count). The molecule has 1 saturated heterocycles. The molecule has 3 nitrogen and oxygen atoms in total. The van der Waals surface area contributed by atoms with Crippen LogP contribution in [0, 0.1) is 0 Å². The summed E-state index contributed by atoms with van der Waals surface area (Å²) < 4.78 is 1.25. The molecule has 0 aliphatic carbocycles. The second-order valence-electron chi connectivity index (χ2n) is 6.76. The maximum Gasteiger partial charge on any atom is 0.186 e. The maximum atomic E-state index is 4.89. The van der Waals surface area contributed by atoms with E-state index in [4.69, 9.17) is 4.98 Å². The summed E-state index contributed by atoms with van der Waals surface area (Å²) in [6.45, 7) is 2.14. The molecule has 0 spiro atoms. The molecule has 0 radical (unpaired) electrons. The summed E-state index contributed by atoms with van der Waals surface area (Å²) in [5.41, 5.74) is 4.95. The number of benzene rings is 2. The van der Waals surface area contributed by atoms with Crippen LogP contribution in [0.1, 0.15) is 17.9 Å². The largest absolute Gasteiger partial charge is 0.347 e. The predicted octanol–water partition coefficient (Wildman–Crippen LogP) is 5.35. The maximum absolute atomic E-state index is 4.89. The van der Waals surface area contributed by atoms with Crippen molar-refractivity contribution >= 4 is 26.7 Å². The highest BCUT2D eigenvalue weighted by atomic mass is 32.1. The summed E-state index contributed by atoms with van der Waals surface area (Å²) in [4.78, 5) is 11.4. The fourth-order valence-electron chi connectivity index (χ4n) is 3.70. The molecule has 1 unspecified atom stereocenters. The Morgan fingerprint density at radius 2 is 1.77 bits per heavy atom. The number of hydrogen-bond acceptors (Lipinski definition) is 4. The zero-order valence-electron chi connectivity index (χ0n) is 14.4. The molecule has 1 aliphatic heterocycles. The third-order valence-corrected chi connectivity index (χ3v) is 6.20. The first-order valence-corrected chi connectivity index (χ1v) is 9.79. The molecule has 0 amide bonds. The predicted molar refractivity (Wildman–Crippen MR) is 109 cm³/mol. The van der Waals surface area contributed by atoms with Crippen LogP contribution in [0.15, 0.2) is 73.1 Å². The van der Waals surface area contributed by atoms with Crippen LogP contribution < -0.4 is 4.90 Å². The topological polar surface area (TPSA) is 29.0 Å². The van der Waals surface area contributed by atoms with Gasteiger partial charge in [-0.3, -0.25) is 4.98 Å². The van der Waals surface area contributed by atoms with Crippen LogP contribution >= 0.6 is 11.3 Å². The Morgan fingerprint density at radius 3 is 2.62 bits per heavy atom. The van der Waals surface area contributed by atoms with Gasteiger partial charge in [-0.25, -0.2) is 4.98 Å². The first-order chi connectivity index (χ1) is 12.9. The van der Waals surface area contributed by atoms with Crippen molar-refractivity contribution < 1.29 is 0 Å². The molecule has 0 N–H and O–H groups in total. The van der Waals surface area contributed by atoms with E-state index >= 15 is 0 Å². The first-order valence-electron chi connectivity index (χ1n) is 8.98. The Hall–Kier alpha value is -2.72. The van der Waals surface area contributed by atoms with Gasteiger partial charge in [0, 0.05) is 31.4 Å². The normalized spacial score (nSPS) is 17.1. The fourth-order valence-corrected chi connectivity index (χ4v) is 4.74. The van der Waals surface area contributed by atoms with E-state index in [1.54, 1.807) is 11.3 Å². The number of aromatic nitrogens is 2. The molecular weight excluding hydrogens is 338 g/mol. The van der Waals surface area contributed by atoms with Gasteiger partial charge >= 0.3 is 0 Å². The van der Waals surface area contributed by atoms with Gasteiger partial charge in [0.2, 0.25) is 0 Å². The van der Waals surface area contributed by atoms with Crippen molar-refractivity contribution in [3.63, 3.8) is 0 Å². The molecule has 1 aliphatic rings. The van der Waals surface area contributed by atoms with Crippen molar-refractivity contribution in [1.29, 1.82) is 0 Å². The number of thiazole rings is 1. The van der Waals surface area contributed by atoms with Crippen molar-refractivity contribution in [2.75, 3.05) is 18.0 Å². The molecule has 0 saturated carbocycles. The Bertz CT molecular complexity index is 1030. The zero-order valence-corrected chi connectivity index (χ0v) is 15.2. The Morgan fingerprint density at radius 1 is 0.923 bits per heavy atom. The SMILES string of the molecule is c1ccc(C2CCN(c3nc4ccc(-c5ccncc5)cc4s3)C2)cc1. The van der Waals surface area contributed by atoms with Crippen molar-refractivity contribution in [1.82, 2.24) is 9.97 Å². The summed E-state index contributed by atoms with van der Waals surface area (Å²) in [6, 6.07) is 21.5. The van der Waals surface area contributed by atoms with Gasteiger partial charge in [-0.05, 0) is 47.4 Å². The summed E-state index contributed by atoms with van der Waals surface area (Å²) in [6.07, 6.45) is 4.87. The van der Waals surface area contributed by atoms with E-state index in [0.717, 1.165) is 23.7 Å². The monoisotopic (exact) mass is 357 g/mol. The number of anilines is 1. The van der Waals surface area contributed by atoms with Crippen LogP contribution in [-0.2, 0) is 0 Å². The van der Waals surface area contributed by atoms with Crippen molar-refractivity contribution in [3.8, 4) is 11.1 Å². The van der Waals surface area contributed by atoms with E-state index in [1.165, 1.54) is 27.8 Å². The van der Waals surface area contributed by atoms with Gasteiger partial charge in [-0.1, -0.05) is 47.7 Å². The standard InChI is InChI=1S/C22H19N3S/c1-2-4-16(5-3-1)19-10-13-25(15-19)22-24-20-7-6-18(14-21(20)26-22)17-8-11-23-12-9-17/h1-9,11-12,14,19H,10,13,15H2. The molecule has 3 heterocycles. The Kier molecular flexibility index (Phi) is 3.91. The molecule has 0 bridgehead atoms. The molecule has 26 heavy (non-hydrogen) atoms. The highest BCUT2D eigenvalue weighted by Gasteiger charge is 2.25. The third-order valence-electron chi connectivity index (χ3n) is 5.12. The molecule has 4 aromatic rings. The minimum Gasteiger partial charge on any atom is -0.347 e. The minimum atomic E-state index is 0.607. The lowest BCUT2D eigenvalue weighted by molar-refractivity contribution is 0.775. The number of nitrogens with zero attached hydrogens (tertiary/aromatic N) is 3. The van der Waals surface area contributed by atoms with E-state index in [9.17, 15) is 0 Å². The van der Waals surface area contributed by atoms with Gasteiger partial charge in [0.05, 0.1) is 10.2 Å². The molecule has 128 valence electrons. The Labute approximate surface area is 157 Å². The average molecular weight is 357 g/mol. The number of rotatable bonds is 3. The zero-order chi connectivity index (χ0) is 17.3. The second kappa shape index (κ2) is 6.54. The van der Waals surface area contributed by atoms with Gasteiger partial charge in [0.15, 0.2) is 5.13 Å². The molecule has 1 fully saturated rings. The van der Waals surface area contributed by atoms with E-state index in [-0.39, 0.29) is 0 Å². The first kappa shape index (κ1) is 15.5. The smallest absolute Gasteiger partial charge is 0.186 e. The lowest BCUT2D eigenvalue weighted by Gasteiger charge is -2.14. The number of fused-ring (bicyclic) bond motifs is 1. The van der Waals surface area contributed by atoms with Gasteiger partial charge in [0.25, 0.3) is 0 Å². The lowest BCUT2D eigenvalue weighted by Crippen LogP contribution is -2.18. The summed E-state index contributed by atoms with van der Waals surface area (Å²) in [7, 11) is 0. The van der Waals surface area contributed by atoms with Gasteiger partial charge in [0.1, 0.15) is 0 Å². The van der Waals surface area contributed by atoms with Crippen molar-refractivity contribution in [2.45, 2.75) is 12.3 Å². The summed E-state index contributed by atoms with van der Waals surface area (Å²) in [5, 5.41) is 1.14. The minimum absolute atomic E-state index is 0.607. The van der Waals surface area contributed by atoms with Gasteiger partial charge < -0.3 is 4.90 Å². The average Bonchev–Trinajstić information content (AvgIpc) is 3.36. The van der Waals surface area contributed by atoms with Crippen LogP contribution in [-0.4, -0.2) is 23.1 Å². The van der Waals surface area contributed by atoms with Crippen molar-refractivity contribution in [3.05, 3.63) is 78.6 Å². The van der Waals surface area contributed by atoms with Gasteiger partial charge in [-0.2, -0.15) is 0 Å². The number of hydrogen-bond donors (Lipinski definition) is 0. The molecule has 2 aromatic carbocycles. The highest BCUT2D eigenvalue weighted by Crippen LogP contribution is 2.36. The Balaban J connectivity index is 1.42. The van der Waals surface area contributed by atoms with Crippen molar-refractivity contribution in [2.24, 2.45) is 0 Å². The third kappa shape index (κ3) is 2.86. The van der Waals surface area contributed by atoms with Crippen LogP contribution in [0.5, 0.6) is 0 Å². The second-order valence-corrected chi connectivity index (χ2v) is 7.77. The molecular formula is C22H19N3S. The van der Waals surface area contributed by atoms with Crippen LogP contribution in [0.2, 0.25) is 0 Å². The summed E-state index contributed by atoms with van der Waals surface area (Å²) in [5.74, 6) is 0.607. The summed E-state index contributed by atoms with van der Waals surface area (Å²) >= 11 is 1.80. The van der Waals surface area contributed by atoms with Crippen LogP contribution in [0.4, 0.5) is 5.13 Å². The molecule has 2 aromatic heterocycles. The quantitative estimate of drug-likeness (QED) is 0.495. The van der Waals surface area contributed by atoms with E-state index in [2.05, 4.69) is 58.4 Å². The highest BCUT2D eigenvalue weighted by molar-refractivity contribution is 7.22. The van der Waals surface area contributed by atoms with Gasteiger partial charge in [-0.15, -0.1) is 0 Å². The van der Waals surface area contributed by atoms with Crippen LogP contribution in [0.25, 0.3) is 21.3 Å². The fraction of sp³-hybridized carbons (Fsp3) is 0.182. The van der Waals surface area contributed by atoms with E-state index in [0.29, 0.717) is 5.92 Å².